The third-order valence-corrected chi connectivity index (χ3v) is 2.95. The van der Waals surface area contributed by atoms with Gasteiger partial charge in [0, 0.05) is 19.3 Å². The van der Waals surface area contributed by atoms with Crippen LogP contribution in [0, 0.1) is 10.1 Å². The molecule has 0 aliphatic rings. The summed E-state index contributed by atoms with van der Waals surface area (Å²) in [5, 5.41) is 17.9. The highest BCUT2D eigenvalue weighted by atomic mass is 35.5. The lowest BCUT2D eigenvalue weighted by molar-refractivity contribution is -0.384. The summed E-state index contributed by atoms with van der Waals surface area (Å²) < 4.78 is 1.72. The number of nitrogens with one attached hydrogen (secondary N) is 1. The fourth-order valence-electron chi connectivity index (χ4n) is 1.56. The van der Waals surface area contributed by atoms with E-state index in [1.165, 1.54) is 6.07 Å². The Morgan fingerprint density at radius 2 is 2.28 bits per heavy atom. The molecule has 0 aliphatic heterocycles. The van der Waals surface area contributed by atoms with Gasteiger partial charge in [-0.1, -0.05) is 17.7 Å². The van der Waals surface area contributed by atoms with Crippen molar-refractivity contribution in [3.05, 3.63) is 51.3 Å². The Balaban J connectivity index is 2.17. The summed E-state index contributed by atoms with van der Waals surface area (Å²) in [6.45, 7) is 0.497. The fraction of sp³-hybridized carbons (Fsp3) is 0.182. The number of aromatic nitrogens is 2. The van der Waals surface area contributed by atoms with E-state index in [4.69, 9.17) is 11.6 Å². The molecule has 6 nitrogen and oxygen atoms in total. The summed E-state index contributed by atoms with van der Waals surface area (Å²) in [7, 11) is 1.83. The number of aryl methyl sites for hydroxylation is 1. The Morgan fingerprint density at radius 3 is 2.89 bits per heavy atom. The van der Waals surface area contributed by atoms with Crippen LogP contribution >= 0.6 is 11.6 Å². The van der Waals surface area contributed by atoms with Crippen molar-refractivity contribution < 1.29 is 4.92 Å². The quantitative estimate of drug-likeness (QED) is 0.682. The topological polar surface area (TPSA) is 73.0 Å². The monoisotopic (exact) mass is 266 g/mol. The van der Waals surface area contributed by atoms with Gasteiger partial charge < -0.3 is 5.32 Å². The van der Waals surface area contributed by atoms with Gasteiger partial charge in [-0.3, -0.25) is 14.8 Å². The van der Waals surface area contributed by atoms with Crippen LogP contribution in [0.25, 0.3) is 0 Å². The van der Waals surface area contributed by atoms with Crippen LogP contribution in [0.2, 0.25) is 5.02 Å². The van der Waals surface area contributed by atoms with Crippen molar-refractivity contribution in [1.82, 2.24) is 9.78 Å². The predicted molar refractivity (Wildman–Crippen MR) is 68.6 cm³/mol. The van der Waals surface area contributed by atoms with Crippen molar-refractivity contribution in [2.24, 2.45) is 7.05 Å². The van der Waals surface area contributed by atoms with Crippen LogP contribution in [-0.4, -0.2) is 14.7 Å². The van der Waals surface area contributed by atoms with Gasteiger partial charge in [0.25, 0.3) is 5.69 Å². The van der Waals surface area contributed by atoms with Crippen molar-refractivity contribution in [3.63, 3.8) is 0 Å². The van der Waals surface area contributed by atoms with Gasteiger partial charge in [0.15, 0.2) is 0 Å². The molecule has 0 radical (unpaired) electrons. The van der Waals surface area contributed by atoms with E-state index < -0.39 is 4.92 Å². The third kappa shape index (κ3) is 2.43. The number of rotatable bonds is 4. The normalized spacial score (nSPS) is 10.3. The van der Waals surface area contributed by atoms with Crippen molar-refractivity contribution in [2.45, 2.75) is 6.54 Å². The fourth-order valence-corrected chi connectivity index (χ4v) is 1.82. The number of anilines is 1. The Bertz CT molecular complexity index is 582. The molecule has 2 rings (SSSR count). The molecule has 0 amide bonds. The zero-order valence-electron chi connectivity index (χ0n) is 9.63. The van der Waals surface area contributed by atoms with Gasteiger partial charge >= 0.3 is 0 Å². The molecule has 0 unspecified atom stereocenters. The van der Waals surface area contributed by atoms with Crippen LogP contribution in [0.4, 0.5) is 11.4 Å². The molecule has 0 aliphatic carbocycles. The van der Waals surface area contributed by atoms with Crippen molar-refractivity contribution in [2.75, 3.05) is 5.32 Å². The first-order chi connectivity index (χ1) is 8.59. The van der Waals surface area contributed by atoms with Crippen LogP contribution in [0.3, 0.4) is 0 Å². The first-order valence-corrected chi connectivity index (χ1v) is 5.61. The molecule has 1 heterocycles. The average molecular weight is 267 g/mol. The highest BCUT2D eigenvalue weighted by molar-refractivity contribution is 6.35. The van der Waals surface area contributed by atoms with Gasteiger partial charge in [-0.25, -0.2) is 0 Å². The molecule has 18 heavy (non-hydrogen) atoms. The average Bonchev–Trinajstić information content (AvgIpc) is 2.73. The van der Waals surface area contributed by atoms with E-state index in [1.54, 1.807) is 23.0 Å². The molecule has 0 saturated carbocycles. The first kappa shape index (κ1) is 12.4. The molecule has 7 heteroatoms. The van der Waals surface area contributed by atoms with Gasteiger partial charge in [-0.2, -0.15) is 5.10 Å². The number of nitrogens with zero attached hydrogens (tertiary/aromatic N) is 3. The van der Waals surface area contributed by atoms with E-state index in [2.05, 4.69) is 10.4 Å². The van der Waals surface area contributed by atoms with Crippen LogP contribution in [-0.2, 0) is 13.6 Å². The Labute approximate surface area is 108 Å². The maximum Gasteiger partial charge on any atom is 0.289 e. The van der Waals surface area contributed by atoms with Gasteiger partial charge in [0.2, 0.25) is 0 Å². The first-order valence-electron chi connectivity index (χ1n) is 5.23. The van der Waals surface area contributed by atoms with Crippen LogP contribution in [0.5, 0.6) is 0 Å². The van der Waals surface area contributed by atoms with E-state index in [0.29, 0.717) is 12.2 Å². The minimum Gasteiger partial charge on any atom is -0.378 e. The van der Waals surface area contributed by atoms with Crippen LogP contribution < -0.4 is 5.32 Å². The maximum atomic E-state index is 10.7. The van der Waals surface area contributed by atoms with E-state index in [1.807, 2.05) is 13.1 Å². The minimum absolute atomic E-state index is 0.105. The summed E-state index contributed by atoms with van der Waals surface area (Å²) in [6.07, 6.45) is 1.69. The molecule has 0 spiro atoms. The highest BCUT2D eigenvalue weighted by Gasteiger charge is 2.15. The predicted octanol–water partition coefficient (Wildman–Crippen LogP) is 2.59. The van der Waals surface area contributed by atoms with Gasteiger partial charge in [0.05, 0.1) is 22.8 Å². The SMILES string of the molecule is Cn1nccc1CNc1cccc([N+](=O)[O-])c1Cl. The second-order valence-corrected chi connectivity index (χ2v) is 4.07. The standard InChI is InChI=1S/C11H11ClN4O2/c1-15-8(5-6-14-15)7-13-9-3-2-4-10(11(9)12)16(17)18/h2-6,13H,7H2,1H3. The molecule has 1 N–H and O–H groups in total. The molecular weight excluding hydrogens is 256 g/mol. The number of nitro benzene ring substituents is 1. The number of hydrogen-bond donors (Lipinski definition) is 1. The molecule has 2 aromatic rings. The van der Waals surface area contributed by atoms with Crippen molar-refractivity contribution in [1.29, 1.82) is 0 Å². The molecule has 0 fully saturated rings. The molecule has 1 aromatic carbocycles. The Hall–Kier alpha value is -2.08. The van der Waals surface area contributed by atoms with Crippen molar-refractivity contribution in [3.8, 4) is 0 Å². The minimum atomic E-state index is -0.502. The zero-order valence-corrected chi connectivity index (χ0v) is 10.4. The van der Waals surface area contributed by atoms with E-state index in [-0.39, 0.29) is 10.7 Å². The van der Waals surface area contributed by atoms with E-state index in [0.717, 1.165) is 5.69 Å². The third-order valence-electron chi connectivity index (χ3n) is 2.56. The molecule has 1 aromatic heterocycles. The highest BCUT2D eigenvalue weighted by Crippen LogP contribution is 2.31. The molecule has 0 atom stereocenters. The second-order valence-electron chi connectivity index (χ2n) is 3.70. The number of nitro groups is 1. The Morgan fingerprint density at radius 1 is 1.50 bits per heavy atom. The second kappa shape index (κ2) is 5.05. The number of halogens is 1. The molecule has 94 valence electrons. The summed E-state index contributed by atoms with van der Waals surface area (Å²) in [5.41, 5.74) is 1.39. The Kier molecular flexibility index (Phi) is 3.47. The molecule has 0 saturated heterocycles. The number of hydrogen-bond acceptors (Lipinski definition) is 4. The van der Waals surface area contributed by atoms with Gasteiger partial charge in [0.1, 0.15) is 5.02 Å². The zero-order chi connectivity index (χ0) is 13.1. The van der Waals surface area contributed by atoms with E-state index >= 15 is 0 Å². The van der Waals surface area contributed by atoms with E-state index in [9.17, 15) is 10.1 Å². The maximum absolute atomic E-state index is 10.7. The molecular formula is C11H11ClN4O2. The lowest BCUT2D eigenvalue weighted by atomic mass is 10.2. The summed E-state index contributed by atoms with van der Waals surface area (Å²) in [6, 6.07) is 6.52. The lowest BCUT2D eigenvalue weighted by Gasteiger charge is -2.08. The molecule has 0 bridgehead atoms. The van der Waals surface area contributed by atoms with Crippen molar-refractivity contribution >= 4 is 23.0 Å². The summed E-state index contributed by atoms with van der Waals surface area (Å²) >= 11 is 5.96. The lowest BCUT2D eigenvalue weighted by Crippen LogP contribution is -2.06. The van der Waals surface area contributed by atoms with Gasteiger partial charge in [-0.15, -0.1) is 0 Å². The van der Waals surface area contributed by atoms with Crippen LogP contribution in [0.1, 0.15) is 5.69 Å². The smallest absolute Gasteiger partial charge is 0.289 e. The van der Waals surface area contributed by atoms with Gasteiger partial charge in [-0.05, 0) is 12.1 Å². The number of benzene rings is 1. The largest absolute Gasteiger partial charge is 0.378 e. The summed E-state index contributed by atoms with van der Waals surface area (Å²) in [5.74, 6) is 0. The summed E-state index contributed by atoms with van der Waals surface area (Å²) in [4.78, 5) is 10.2. The van der Waals surface area contributed by atoms with Crippen LogP contribution in [0.15, 0.2) is 30.5 Å².